The summed E-state index contributed by atoms with van der Waals surface area (Å²) in [6, 6.07) is 0. The van der Waals surface area contributed by atoms with Crippen LogP contribution in [0.5, 0.6) is 0 Å². The predicted molar refractivity (Wildman–Crippen MR) is 202 cm³/mol. The lowest BCUT2D eigenvalue weighted by Crippen LogP contribution is -2.33. The molecule has 3 aliphatic rings. The minimum Gasteiger partial charge on any atom is -0.394 e. The maximum atomic E-state index is 12.7. The summed E-state index contributed by atoms with van der Waals surface area (Å²) in [5.41, 5.74) is -3.52. The molecule has 3 aliphatic heterocycles. The summed E-state index contributed by atoms with van der Waals surface area (Å²) in [4.78, 5) is 102. The molecular weight excluding hydrogens is 846 g/mol. The van der Waals surface area contributed by atoms with E-state index in [9.17, 15) is 48.8 Å². The highest BCUT2D eigenvalue weighted by atomic mass is 34.1. The molecule has 7 N–H and O–H groups in total. The van der Waals surface area contributed by atoms with E-state index in [0.717, 1.165) is 13.7 Å². The molecule has 23 nitrogen and oxygen atoms in total. The predicted octanol–water partition coefficient (Wildman–Crippen LogP) is -1.98. The summed E-state index contributed by atoms with van der Waals surface area (Å²) >= 11 is 10.5. The Morgan fingerprint density at radius 2 is 1.00 bits per heavy atom. The molecule has 3 aromatic heterocycles. The van der Waals surface area contributed by atoms with Gasteiger partial charge in [-0.3, -0.25) is 43.0 Å². The molecule has 0 spiro atoms. The molecule has 0 radical (unpaired) electrons. The largest absolute Gasteiger partial charge is 0.394 e. The van der Waals surface area contributed by atoms with Crippen LogP contribution >= 0.6 is 13.4 Å². The molecule has 6 rings (SSSR count). The monoisotopic (exact) mass is 886 g/mol. The first-order chi connectivity index (χ1) is 26.7. The van der Waals surface area contributed by atoms with Crippen molar-refractivity contribution in [2.75, 3.05) is 19.8 Å². The Kier molecular flexibility index (Phi) is 13.2. The van der Waals surface area contributed by atoms with Crippen molar-refractivity contribution in [3.05, 3.63) is 97.8 Å². The highest BCUT2D eigenvalue weighted by Crippen LogP contribution is 2.52. The average Bonchev–Trinajstić information content (AvgIpc) is 3.83. The van der Waals surface area contributed by atoms with Gasteiger partial charge in [0.15, 0.2) is 0 Å². The number of nitrogens with one attached hydrogen (secondary N) is 3. The molecule has 0 aliphatic carbocycles. The first-order valence-electron chi connectivity index (χ1n) is 17.3. The van der Waals surface area contributed by atoms with Crippen LogP contribution in [-0.2, 0) is 55.9 Å². The van der Waals surface area contributed by atoms with Crippen LogP contribution in [0.15, 0.2) is 47.4 Å². The van der Waals surface area contributed by atoms with Gasteiger partial charge < -0.3 is 52.3 Å². The van der Waals surface area contributed by atoms with Crippen molar-refractivity contribution >= 4 is 37.1 Å². The topological polar surface area (TPSA) is 310 Å². The van der Waals surface area contributed by atoms with Crippen LogP contribution in [0.4, 0.5) is 0 Å². The quantitative estimate of drug-likeness (QED) is 0.0681. The van der Waals surface area contributed by atoms with Gasteiger partial charge in [-0.25, -0.2) is 14.4 Å². The van der Waals surface area contributed by atoms with Crippen LogP contribution in [-0.4, -0.2) is 105 Å². The van der Waals surface area contributed by atoms with Crippen molar-refractivity contribution < 1.29 is 52.3 Å². The number of aromatic amines is 3. The number of aryl methyl sites for hydroxylation is 3. The van der Waals surface area contributed by atoms with Crippen molar-refractivity contribution in [3.8, 4) is 0 Å². The summed E-state index contributed by atoms with van der Waals surface area (Å²) in [5.74, 6) is 0. The fourth-order valence-electron chi connectivity index (χ4n) is 6.45. The molecule has 0 bridgehead atoms. The van der Waals surface area contributed by atoms with Crippen LogP contribution in [0, 0.1) is 20.8 Å². The molecule has 0 amide bonds. The minimum atomic E-state index is -4.23. The number of aliphatic hydroxyl groups is 2. The Labute approximate surface area is 330 Å². The number of ether oxygens (including phenoxy) is 3. The summed E-state index contributed by atoms with van der Waals surface area (Å²) < 4.78 is 43.5. The van der Waals surface area contributed by atoms with E-state index in [0.29, 0.717) is 0 Å². The third kappa shape index (κ3) is 10.0. The van der Waals surface area contributed by atoms with E-state index in [4.69, 9.17) is 55.9 Å². The average molecular weight is 887 g/mol. The lowest BCUT2D eigenvalue weighted by atomic mass is 10.2. The zero-order valence-electron chi connectivity index (χ0n) is 30.3. The molecule has 314 valence electrons. The van der Waals surface area contributed by atoms with Gasteiger partial charge in [-0.1, -0.05) is 0 Å². The second-order valence-electron chi connectivity index (χ2n) is 13.6. The minimum absolute atomic E-state index is 0.0629. The molecule has 27 heteroatoms. The van der Waals surface area contributed by atoms with Crippen LogP contribution in [0.3, 0.4) is 0 Å². The van der Waals surface area contributed by atoms with Crippen LogP contribution in [0.1, 0.15) is 54.6 Å². The van der Waals surface area contributed by atoms with E-state index in [2.05, 4.69) is 15.0 Å². The van der Waals surface area contributed by atoms with E-state index in [1.807, 2.05) is 0 Å². The van der Waals surface area contributed by atoms with E-state index in [1.165, 1.54) is 39.4 Å². The van der Waals surface area contributed by atoms with Gasteiger partial charge in [0.25, 0.3) is 16.7 Å². The summed E-state index contributed by atoms with van der Waals surface area (Å²) in [5, 5.41) is 20.6. The SMILES string of the molecule is Cc1cn(C2CC(O)C(COP(O)(=[34S])OC3CC(n4cc(C)c(=O)[nH]c4=O)OC3COP(O)(=[34S])OC3CC(n4cc(C)c(=O)[nH]c4=O)OC3CO)O2)c(=O)[nH]c1=O. The lowest BCUT2D eigenvalue weighted by molar-refractivity contribution is -0.0558. The fourth-order valence-corrected chi connectivity index (χ4v) is 9.40. The van der Waals surface area contributed by atoms with Crippen molar-refractivity contribution in [3.63, 3.8) is 0 Å². The molecule has 3 aromatic rings. The number of aliphatic hydroxyl groups excluding tert-OH is 2. The number of H-pyrrole nitrogens is 3. The van der Waals surface area contributed by atoms with Gasteiger partial charge in [-0.15, -0.1) is 0 Å². The highest BCUT2D eigenvalue weighted by Gasteiger charge is 2.45. The summed E-state index contributed by atoms with van der Waals surface area (Å²) in [6.07, 6.45) is -6.47. The van der Waals surface area contributed by atoms with Gasteiger partial charge in [0.2, 0.25) is 0 Å². The Bertz CT molecular complexity index is 2450. The number of aromatic nitrogens is 6. The maximum Gasteiger partial charge on any atom is 0.330 e. The molecule has 6 heterocycles. The standard InChI is InChI=1S/C30H40N6O17P2S2/c1-13-7-34(28(42)31-25(13)39)22-4-16(38)20(50-22)11-47-54(45,56)53-18-6-24(36-9-15(3)27(41)33-30(36)44)51-21(18)12-48-55(46,57)52-17-5-23(49-19(17)10-37)35-8-14(2)26(40)32-29(35)43/h7-9,16-24,37-38H,4-6,10-12H2,1-3H3,(H,45,56)(H,46,57)(H,31,39,42)(H,32,40,43)(H,33,41,44)/i56+2,57+2. The number of nitrogens with zero attached hydrogens (tertiary/aromatic N) is 3. The van der Waals surface area contributed by atoms with Gasteiger partial charge in [-0.05, 0) is 44.4 Å². The van der Waals surface area contributed by atoms with E-state index in [-0.39, 0.29) is 36.0 Å². The third-order valence-electron chi connectivity index (χ3n) is 9.45. The Balaban J connectivity index is 1.14. The van der Waals surface area contributed by atoms with Gasteiger partial charge in [-0.2, -0.15) is 0 Å². The molecule has 11 atom stereocenters. The van der Waals surface area contributed by atoms with Gasteiger partial charge in [0.1, 0.15) is 37.0 Å². The van der Waals surface area contributed by atoms with E-state index < -0.39 is 122 Å². The van der Waals surface area contributed by atoms with Crippen molar-refractivity contribution in [1.29, 1.82) is 0 Å². The fraction of sp³-hybridized carbons (Fsp3) is 0.600. The summed E-state index contributed by atoms with van der Waals surface area (Å²) in [6.45, 7) is -5.67. The van der Waals surface area contributed by atoms with Crippen LogP contribution in [0.2, 0.25) is 0 Å². The molecular formula is C30H40N6O17P2S2. The first kappa shape index (κ1) is 43.5. The van der Waals surface area contributed by atoms with E-state index in [1.54, 1.807) is 0 Å². The number of rotatable bonds is 14. The molecule has 0 saturated carbocycles. The summed E-state index contributed by atoms with van der Waals surface area (Å²) in [7, 11) is 0. The van der Waals surface area contributed by atoms with Crippen LogP contribution < -0.4 is 33.7 Å². The zero-order chi connectivity index (χ0) is 41.6. The first-order valence-corrected chi connectivity index (χ1v) is 22.4. The maximum absolute atomic E-state index is 12.7. The van der Waals surface area contributed by atoms with Gasteiger partial charge in [0, 0.05) is 54.5 Å². The normalized spacial score (nSPS) is 29.7. The van der Waals surface area contributed by atoms with Gasteiger partial charge >= 0.3 is 30.5 Å². The highest BCUT2D eigenvalue weighted by molar-refractivity contribution is 8.07. The second kappa shape index (κ2) is 17.2. The molecule has 57 heavy (non-hydrogen) atoms. The van der Waals surface area contributed by atoms with Gasteiger partial charge in [0.05, 0.1) is 38.1 Å². The van der Waals surface area contributed by atoms with Crippen molar-refractivity contribution in [1.82, 2.24) is 28.7 Å². The van der Waals surface area contributed by atoms with Crippen molar-refractivity contribution in [2.24, 2.45) is 0 Å². The molecule has 11 unspecified atom stereocenters. The lowest BCUT2D eigenvalue weighted by Gasteiger charge is -2.27. The molecule has 0 aromatic carbocycles. The Morgan fingerprint density at radius 3 is 1.42 bits per heavy atom. The smallest absolute Gasteiger partial charge is 0.330 e. The Hall–Kier alpha value is -3.10. The zero-order valence-corrected chi connectivity index (χ0v) is 33.7. The third-order valence-corrected chi connectivity index (χ3v) is 12.6. The number of hydrogen-bond donors (Lipinski definition) is 7. The van der Waals surface area contributed by atoms with E-state index >= 15 is 0 Å². The second-order valence-corrected chi connectivity index (χ2v) is 19.2. The van der Waals surface area contributed by atoms with Crippen LogP contribution in [0.25, 0.3) is 0 Å². The van der Waals surface area contributed by atoms with Crippen molar-refractivity contribution in [2.45, 2.75) is 95.3 Å². The molecule has 3 fully saturated rings. The number of hydrogen-bond acceptors (Lipinski definition) is 17. The Morgan fingerprint density at radius 1 is 0.649 bits per heavy atom. The molecule has 3 saturated heterocycles.